The first-order valence-corrected chi connectivity index (χ1v) is 12.0. The zero-order chi connectivity index (χ0) is 22.0. The van der Waals surface area contributed by atoms with Gasteiger partial charge in [-0.25, -0.2) is 0 Å². The number of nitrogens with zero attached hydrogens (tertiary/aromatic N) is 2. The second kappa shape index (κ2) is 9.51. The molecule has 4 rings (SSSR count). The summed E-state index contributed by atoms with van der Waals surface area (Å²) in [5.74, 6) is 0.0973. The number of fused-ring (bicyclic) bond motifs is 1. The van der Waals surface area contributed by atoms with Crippen LogP contribution in [0, 0.1) is 12.8 Å². The summed E-state index contributed by atoms with van der Waals surface area (Å²) in [4.78, 5) is 30.6. The number of hydrogen-bond donors (Lipinski definition) is 2. The topological polar surface area (TPSA) is 78.7 Å². The quantitative estimate of drug-likeness (QED) is 0.724. The zero-order valence-corrected chi connectivity index (χ0v) is 19.3. The number of carbonyl (C=O) groups is 2. The van der Waals surface area contributed by atoms with Crippen LogP contribution in [-0.4, -0.2) is 54.3 Å². The zero-order valence-electron chi connectivity index (χ0n) is 18.4. The fraction of sp³-hybridized carbons (Fsp3) is 0.500. The maximum atomic E-state index is 12.7. The number of rotatable bonds is 6. The van der Waals surface area contributed by atoms with Crippen LogP contribution in [0.15, 0.2) is 24.3 Å². The molecule has 1 atom stereocenters. The molecular formula is C24H32N4O2S. The Morgan fingerprint density at radius 1 is 1.16 bits per heavy atom. The Bertz CT molecular complexity index is 962. The number of hydrogen-bond acceptors (Lipinski definition) is 5. The van der Waals surface area contributed by atoms with Crippen LogP contribution in [-0.2, 0) is 24.2 Å². The number of aryl methyl sites for hydroxylation is 1. The van der Waals surface area contributed by atoms with Crippen LogP contribution >= 0.6 is 11.3 Å². The van der Waals surface area contributed by atoms with Gasteiger partial charge in [-0.1, -0.05) is 31.2 Å². The third-order valence-corrected chi connectivity index (χ3v) is 7.67. The maximum Gasteiger partial charge on any atom is 0.251 e. The SMILES string of the molecule is Cc1ccccc1CN1CCN(CC(=O)Nc2sc3c(c2C(N)=O)CC[C@@H](C)C3)CC1. The molecule has 1 saturated heterocycles. The van der Waals surface area contributed by atoms with Gasteiger partial charge in [0.25, 0.3) is 5.91 Å². The van der Waals surface area contributed by atoms with Crippen molar-refractivity contribution in [1.29, 1.82) is 0 Å². The average Bonchev–Trinajstić information content (AvgIpc) is 3.08. The number of benzene rings is 1. The summed E-state index contributed by atoms with van der Waals surface area (Å²) >= 11 is 1.53. The van der Waals surface area contributed by atoms with Gasteiger partial charge in [-0.15, -0.1) is 11.3 Å². The highest BCUT2D eigenvalue weighted by Crippen LogP contribution is 2.39. The van der Waals surface area contributed by atoms with E-state index in [1.807, 2.05) is 0 Å². The van der Waals surface area contributed by atoms with Gasteiger partial charge in [0.1, 0.15) is 5.00 Å². The lowest BCUT2D eigenvalue weighted by atomic mass is 9.88. The third kappa shape index (κ3) is 5.17. The van der Waals surface area contributed by atoms with Crippen molar-refractivity contribution in [3.8, 4) is 0 Å². The van der Waals surface area contributed by atoms with E-state index in [-0.39, 0.29) is 5.91 Å². The molecule has 2 heterocycles. The van der Waals surface area contributed by atoms with E-state index >= 15 is 0 Å². The van der Waals surface area contributed by atoms with Gasteiger partial charge in [0.2, 0.25) is 5.91 Å². The van der Waals surface area contributed by atoms with Crippen molar-refractivity contribution in [3.05, 3.63) is 51.4 Å². The number of nitrogens with one attached hydrogen (secondary N) is 1. The summed E-state index contributed by atoms with van der Waals surface area (Å²) in [6.07, 6.45) is 2.88. The lowest BCUT2D eigenvalue weighted by Crippen LogP contribution is -2.48. The van der Waals surface area contributed by atoms with Gasteiger partial charge in [0, 0.05) is 37.6 Å². The maximum absolute atomic E-state index is 12.7. The minimum Gasteiger partial charge on any atom is -0.365 e. The molecule has 7 heteroatoms. The molecule has 1 aromatic carbocycles. The van der Waals surface area contributed by atoms with Gasteiger partial charge >= 0.3 is 0 Å². The second-order valence-electron chi connectivity index (χ2n) is 8.95. The number of anilines is 1. The van der Waals surface area contributed by atoms with Gasteiger partial charge in [-0.3, -0.25) is 19.4 Å². The number of piperazine rings is 1. The van der Waals surface area contributed by atoms with Gasteiger partial charge in [0.15, 0.2) is 0 Å². The number of nitrogens with two attached hydrogens (primary N) is 1. The van der Waals surface area contributed by atoms with Crippen molar-refractivity contribution in [3.63, 3.8) is 0 Å². The summed E-state index contributed by atoms with van der Waals surface area (Å²) in [7, 11) is 0. The molecule has 2 amide bonds. The van der Waals surface area contributed by atoms with E-state index in [0.29, 0.717) is 23.0 Å². The summed E-state index contributed by atoms with van der Waals surface area (Å²) in [6.45, 7) is 9.28. The van der Waals surface area contributed by atoms with Crippen LogP contribution in [0.25, 0.3) is 0 Å². The molecule has 2 aliphatic rings. The van der Waals surface area contributed by atoms with Gasteiger partial charge < -0.3 is 11.1 Å². The van der Waals surface area contributed by atoms with Crippen LogP contribution < -0.4 is 11.1 Å². The monoisotopic (exact) mass is 440 g/mol. The van der Waals surface area contributed by atoms with Crippen LogP contribution in [0.2, 0.25) is 0 Å². The lowest BCUT2D eigenvalue weighted by molar-refractivity contribution is -0.117. The van der Waals surface area contributed by atoms with Crippen molar-refractivity contribution >= 4 is 28.2 Å². The van der Waals surface area contributed by atoms with E-state index in [1.54, 1.807) is 0 Å². The first-order chi connectivity index (χ1) is 14.9. The summed E-state index contributed by atoms with van der Waals surface area (Å²) in [5, 5.41) is 3.63. The van der Waals surface area contributed by atoms with E-state index in [9.17, 15) is 9.59 Å². The highest BCUT2D eigenvalue weighted by molar-refractivity contribution is 7.17. The molecular weight excluding hydrogens is 408 g/mol. The highest BCUT2D eigenvalue weighted by atomic mass is 32.1. The molecule has 0 spiro atoms. The normalized spacial score (nSPS) is 19.7. The van der Waals surface area contributed by atoms with Crippen LogP contribution in [0.5, 0.6) is 0 Å². The van der Waals surface area contributed by atoms with E-state index < -0.39 is 5.91 Å². The largest absolute Gasteiger partial charge is 0.365 e. The first kappa shape index (κ1) is 22.0. The molecule has 1 fully saturated rings. The van der Waals surface area contributed by atoms with Crippen molar-refractivity contribution < 1.29 is 9.59 Å². The Morgan fingerprint density at radius 3 is 2.58 bits per heavy atom. The van der Waals surface area contributed by atoms with E-state index in [1.165, 1.54) is 27.3 Å². The van der Waals surface area contributed by atoms with Crippen LogP contribution in [0.4, 0.5) is 5.00 Å². The lowest BCUT2D eigenvalue weighted by Gasteiger charge is -2.34. The molecule has 0 unspecified atom stereocenters. The number of carbonyl (C=O) groups excluding carboxylic acids is 2. The van der Waals surface area contributed by atoms with Gasteiger partial charge in [-0.2, -0.15) is 0 Å². The molecule has 0 radical (unpaired) electrons. The van der Waals surface area contributed by atoms with Crippen molar-refractivity contribution in [2.24, 2.45) is 11.7 Å². The number of amides is 2. The van der Waals surface area contributed by atoms with E-state index in [0.717, 1.165) is 57.5 Å². The summed E-state index contributed by atoms with van der Waals surface area (Å²) in [5.41, 5.74) is 9.94. The molecule has 0 saturated carbocycles. The van der Waals surface area contributed by atoms with Gasteiger partial charge in [-0.05, 0) is 48.8 Å². The molecule has 31 heavy (non-hydrogen) atoms. The number of thiophene rings is 1. The third-order valence-electron chi connectivity index (χ3n) is 6.50. The minimum atomic E-state index is -0.438. The minimum absolute atomic E-state index is 0.0681. The standard InChI is InChI=1S/C24H32N4O2S/c1-16-7-8-19-20(13-16)31-24(22(19)23(25)30)26-21(29)15-28-11-9-27(10-12-28)14-18-6-4-3-5-17(18)2/h3-6,16H,7-15H2,1-2H3,(H2,25,30)(H,26,29)/t16-/m1/s1. The molecule has 0 bridgehead atoms. The smallest absolute Gasteiger partial charge is 0.251 e. The Labute approximate surface area is 188 Å². The first-order valence-electron chi connectivity index (χ1n) is 11.1. The molecule has 1 aliphatic carbocycles. The fourth-order valence-electron chi connectivity index (χ4n) is 4.60. The molecule has 6 nitrogen and oxygen atoms in total. The van der Waals surface area contributed by atoms with Crippen molar-refractivity contribution in [2.75, 3.05) is 38.0 Å². The Kier molecular flexibility index (Phi) is 6.74. The molecule has 1 aromatic heterocycles. The van der Waals surface area contributed by atoms with Gasteiger partial charge in [0.05, 0.1) is 12.1 Å². The van der Waals surface area contributed by atoms with E-state index in [4.69, 9.17) is 5.73 Å². The number of primary amides is 1. The second-order valence-corrected chi connectivity index (χ2v) is 10.1. The summed E-state index contributed by atoms with van der Waals surface area (Å²) in [6, 6.07) is 8.50. The Hall–Kier alpha value is -2.22. The Balaban J connectivity index is 1.32. The average molecular weight is 441 g/mol. The van der Waals surface area contributed by atoms with Crippen LogP contribution in [0.3, 0.4) is 0 Å². The van der Waals surface area contributed by atoms with Crippen LogP contribution in [0.1, 0.15) is 45.3 Å². The molecule has 3 N–H and O–H groups in total. The summed E-state index contributed by atoms with van der Waals surface area (Å²) < 4.78 is 0. The molecule has 166 valence electrons. The van der Waals surface area contributed by atoms with Crippen molar-refractivity contribution in [2.45, 2.75) is 39.7 Å². The fourth-order valence-corrected chi connectivity index (χ4v) is 6.03. The molecule has 1 aliphatic heterocycles. The Morgan fingerprint density at radius 2 is 1.87 bits per heavy atom. The van der Waals surface area contributed by atoms with Crippen molar-refractivity contribution in [1.82, 2.24) is 9.80 Å². The predicted molar refractivity (Wildman–Crippen MR) is 126 cm³/mol. The predicted octanol–water partition coefficient (Wildman–Crippen LogP) is 3.04. The molecule has 2 aromatic rings. The highest BCUT2D eigenvalue weighted by Gasteiger charge is 2.28. The van der Waals surface area contributed by atoms with E-state index in [2.05, 4.69) is 53.2 Å².